The first kappa shape index (κ1) is 15.2. The summed E-state index contributed by atoms with van der Waals surface area (Å²) in [7, 11) is 0. The second-order valence-corrected chi connectivity index (χ2v) is 4.66. The van der Waals surface area contributed by atoms with Crippen molar-refractivity contribution < 1.29 is 22.4 Å². The van der Waals surface area contributed by atoms with Crippen LogP contribution in [0.3, 0.4) is 0 Å². The number of hydrogen-bond acceptors (Lipinski definition) is 2. The van der Waals surface area contributed by atoms with Gasteiger partial charge in [0.1, 0.15) is 0 Å². The highest BCUT2D eigenvalue weighted by atomic mass is 19.3. The van der Waals surface area contributed by atoms with Crippen LogP contribution in [0.25, 0.3) is 0 Å². The maximum absolute atomic E-state index is 12.7. The lowest BCUT2D eigenvalue weighted by molar-refractivity contribution is -0.143. The molecule has 0 saturated carbocycles. The van der Waals surface area contributed by atoms with E-state index in [9.17, 15) is 22.4 Å². The van der Waals surface area contributed by atoms with E-state index in [2.05, 4.69) is 5.32 Å². The molecule has 18 heavy (non-hydrogen) atoms. The third kappa shape index (κ3) is 3.34. The fourth-order valence-electron chi connectivity index (χ4n) is 2.09. The summed E-state index contributed by atoms with van der Waals surface area (Å²) in [6.07, 6.45) is -1.92. The Labute approximate surface area is 103 Å². The molecule has 106 valence electrons. The van der Waals surface area contributed by atoms with E-state index in [1.54, 1.807) is 6.92 Å². The molecule has 2 N–H and O–H groups in total. The lowest BCUT2D eigenvalue weighted by Gasteiger charge is -2.35. The molecule has 1 aliphatic rings. The van der Waals surface area contributed by atoms with Crippen molar-refractivity contribution in [3.63, 3.8) is 0 Å². The Morgan fingerprint density at radius 1 is 1.50 bits per heavy atom. The maximum atomic E-state index is 12.7. The lowest BCUT2D eigenvalue weighted by atomic mass is 9.77. The molecule has 0 aromatic carbocycles. The molecule has 1 heterocycles. The van der Waals surface area contributed by atoms with Gasteiger partial charge in [-0.25, -0.2) is 8.78 Å². The van der Waals surface area contributed by atoms with Crippen LogP contribution < -0.4 is 10.6 Å². The number of piperidine rings is 1. The standard InChI is InChI=1S/C11H18F4N2O/c1-2-10(4-3-5-16-6-10)9(18)17-7-11(14,15)8(12)13/h8,16H,2-7H2,1H3,(H,17,18). The average molecular weight is 270 g/mol. The third-order valence-corrected chi connectivity index (χ3v) is 3.43. The Morgan fingerprint density at radius 2 is 2.17 bits per heavy atom. The van der Waals surface area contributed by atoms with Crippen molar-refractivity contribution in [3.05, 3.63) is 0 Å². The first-order chi connectivity index (χ1) is 8.34. The maximum Gasteiger partial charge on any atom is 0.324 e. The fourth-order valence-corrected chi connectivity index (χ4v) is 2.09. The zero-order valence-corrected chi connectivity index (χ0v) is 10.2. The highest BCUT2D eigenvalue weighted by molar-refractivity contribution is 5.83. The van der Waals surface area contributed by atoms with E-state index in [1.807, 2.05) is 5.32 Å². The number of carbonyl (C=O) groups is 1. The van der Waals surface area contributed by atoms with Crippen LogP contribution in [0, 0.1) is 5.41 Å². The van der Waals surface area contributed by atoms with Gasteiger partial charge >= 0.3 is 12.3 Å². The van der Waals surface area contributed by atoms with Gasteiger partial charge in [0.2, 0.25) is 5.91 Å². The number of halogens is 4. The minimum atomic E-state index is -4.17. The van der Waals surface area contributed by atoms with Crippen LogP contribution in [0.1, 0.15) is 26.2 Å². The van der Waals surface area contributed by atoms with Crippen LogP contribution in [0.4, 0.5) is 17.6 Å². The van der Waals surface area contributed by atoms with E-state index in [-0.39, 0.29) is 0 Å². The summed E-state index contributed by atoms with van der Waals surface area (Å²) in [5.41, 5.74) is -0.754. The minimum absolute atomic E-state index is 0.398. The molecule has 1 saturated heterocycles. The SMILES string of the molecule is CCC1(C(=O)NCC(F)(F)C(F)F)CCCNC1. The summed E-state index contributed by atoms with van der Waals surface area (Å²) < 4.78 is 49.4. The first-order valence-corrected chi connectivity index (χ1v) is 5.99. The summed E-state index contributed by atoms with van der Waals surface area (Å²) in [5.74, 6) is -4.75. The quantitative estimate of drug-likeness (QED) is 0.748. The van der Waals surface area contributed by atoms with E-state index < -0.39 is 30.2 Å². The predicted molar refractivity (Wildman–Crippen MR) is 58.8 cm³/mol. The molecular weight excluding hydrogens is 252 g/mol. The van der Waals surface area contributed by atoms with E-state index in [4.69, 9.17) is 0 Å². The molecule has 0 radical (unpaired) electrons. The number of hydrogen-bond donors (Lipinski definition) is 2. The van der Waals surface area contributed by atoms with E-state index in [0.717, 1.165) is 13.0 Å². The molecule has 0 bridgehead atoms. The summed E-state index contributed by atoms with van der Waals surface area (Å²) in [4.78, 5) is 11.9. The van der Waals surface area contributed by atoms with Crippen LogP contribution in [0.15, 0.2) is 0 Å². The first-order valence-electron chi connectivity index (χ1n) is 5.99. The molecule has 0 spiro atoms. The normalized spacial score (nSPS) is 25.2. The Balaban J connectivity index is 2.58. The minimum Gasteiger partial charge on any atom is -0.349 e. The van der Waals surface area contributed by atoms with Crippen LogP contribution in [0.5, 0.6) is 0 Å². The smallest absolute Gasteiger partial charge is 0.324 e. The van der Waals surface area contributed by atoms with E-state index in [1.165, 1.54) is 0 Å². The molecule has 1 aliphatic heterocycles. The van der Waals surface area contributed by atoms with Gasteiger partial charge in [-0.3, -0.25) is 4.79 Å². The average Bonchev–Trinajstić information content (AvgIpc) is 2.36. The highest BCUT2D eigenvalue weighted by Crippen LogP contribution is 2.30. The van der Waals surface area contributed by atoms with E-state index >= 15 is 0 Å². The largest absolute Gasteiger partial charge is 0.349 e. The van der Waals surface area contributed by atoms with Gasteiger partial charge in [-0.15, -0.1) is 0 Å². The molecule has 1 rings (SSSR count). The summed E-state index contributed by atoms with van der Waals surface area (Å²) in [6, 6.07) is 0. The molecule has 7 heteroatoms. The number of alkyl halides is 4. The molecule has 1 fully saturated rings. The van der Waals surface area contributed by atoms with Crippen molar-refractivity contribution in [3.8, 4) is 0 Å². The van der Waals surface area contributed by atoms with Gasteiger partial charge in [-0.05, 0) is 25.8 Å². The number of rotatable bonds is 5. The topological polar surface area (TPSA) is 41.1 Å². The van der Waals surface area contributed by atoms with Crippen molar-refractivity contribution in [1.29, 1.82) is 0 Å². The summed E-state index contributed by atoms with van der Waals surface area (Å²) >= 11 is 0. The fraction of sp³-hybridized carbons (Fsp3) is 0.909. The molecule has 1 unspecified atom stereocenters. The lowest BCUT2D eigenvalue weighted by Crippen LogP contribution is -2.53. The van der Waals surface area contributed by atoms with Gasteiger partial charge < -0.3 is 10.6 Å². The molecule has 0 aliphatic carbocycles. The Bertz CT molecular complexity index is 291. The number of nitrogens with one attached hydrogen (secondary N) is 2. The Kier molecular flexibility index (Phi) is 4.95. The zero-order valence-electron chi connectivity index (χ0n) is 10.2. The van der Waals surface area contributed by atoms with E-state index in [0.29, 0.717) is 19.4 Å². The van der Waals surface area contributed by atoms with Crippen molar-refractivity contribution in [2.24, 2.45) is 5.41 Å². The second kappa shape index (κ2) is 5.86. The van der Waals surface area contributed by atoms with Gasteiger partial charge in [0.25, 0.3) is 0 Å². The van der Waals surface area contributed by atoms with Crippen LogP contribution in [-0.2, 0) is 4.79 Å². The van der Waals surface area contributed by atoms with Gasteiger partial charge in [0.05, 0.1) is 12.0 Å². The third-order valence-electron chi connectivity index (χ3n) is 3.43. The molecule has 0 aromatic heterocycles. The van der Waals surface area contributed by atoms with Gasteiger partial charge in [0, 0.05) is 6.54 Å². The summed E-state index contributed by atoms with van der Waals surface area (Å²) in [6.45, 7) is 1.65. The predicted octanol–water partition coefficient (Wildman–Crippen LogP) is 1.78. The van der Waals surface area contributed by atoms with Crippen LogP contribution in [0.2, 0.25) is 0 Å². The molecule has 0 aromatic rings. The molecular formula is C11H18F4N2O. The summed E-state index contributed by atoms with van der Waals surface area (Å²) in [5, 5.41) is 4.99. The Hall–Kier alpha value is -0.850. The number of amides is 1. The molecule has 3 nitrogen and oxygen atoms in total. The van der Waals surface area contributed by atoms with Crippen molar-refractivity contribution >= 4 is 5.91 Å². The van der Waals surface area contributed by atoms with Crippen LogP contribution in [-0.4, -0.2) is 37.9 Å². The van der Waals surface area contributed by atoms with Gasteiger partial charge in [-0.2, -0.15) is 8.78 Å². The van der Waals surface area contributed by atoms with Crippen LogP contribution >= 0.6 is 0 Å². The van der Waals surface area contributed by atoms with Crippen molar-refractivity contribution in [1.82, 2.24) is 10.6 Å². The molecule has 1 amide bonds. The van der Waals surface area contributed by atoms with Crippen molar-refractivity contribution in [2.45, 2.75) is 38.5 Å². The monoisotopic (exact) mass is 270 g/mol. The van der Waals surface area contributed by atoms with Crippen molar-refractivity contribution in [2.75, 3.05) is 19.6 Å². The number of carbonyl (C=O) groups excluding carboxylic acids is 1. The van der Waals surface area contributed by atoms with Gasteiger partial charge in [-0.1, -0.05) is 6.92 Å². The second-order valence-electron chi connectivity index (χ2n) is 4.66. The molecule has 1 atom stereocenters. The van der Waals surface area contributed by atoms with Gasteiger partial charge in [0.15, 0.2) is 0 Å². The zero-order chi connectivity index (χ0) is 13.8. The highest BCUT2D eigenvalue weighted by Gasteiger charge is 2.43. The Morgan fingerprint density at radius 3 is 2.61 bits per heavy atom.